The number of carbonyl (C=O) groups excluding carboxylic acids is 4. The van der Waals surface area contributed by atoms with Crippen molar-refractivity contribution in [3.63, 3.8) is 0 Å². The summed E-state index contributed by atoms with van der Waals surface area (Å²) in [6, 6.07) is 4.38. The van der Waals surface area contributed by atoms with Crippen molar-refractivity contribution in [2.24, 2.45) is 5.41 Å². The molecule has 1 aromatic carbocycles. The van der Waals surface area contributed by atoms with Crippen LogP contribution in [0, 0.1) is 5.41 Å². The Bertz CT molecular complexity index is 860. The molecule has 1 aromatic rings. The topological polar surface area (TPSA) is 108 Å². The van der Waals surface area contributed by atoms with Crippen molar-refractivity contribution in [2.45, 2.75) is 38.8 Å². The summed E-state index contributed by atoms with van der Waals surface area (Å²) in [4.78, 5) is 50.2. The second kappa shape index (κ2) is 7.01. The zero-order valence-electron chi connectivity index (χ0n) is 15.8. The summed E-state index contributed by atoms with van der Waals surface area (Å²) in [7, 11) is 0. The molecule has 8 nitrogen and oxygen atoms in total. The van der Waals surface area contributed by atoms with Gasteiger partial charge in [0.25, 0.3) is 11.8 Å². The van der Waals surface area contributed by atoms with Crippen LogP contribution in [-0.2, 0) is 16.1 Å². The van der Waals surface area contributed by atoms with Gasteiger partial charge in [0, 0.05) is 37.2 Å². The Hall–Kier alpha value is -2.74. The first kappa shape index (κ1) is 18.6. The fourth-order valence-electron chi connectivity index (χ4n) is 4.13. The van der Waals surface area contributed by atoms with Gasteiger partial charge in [-0.25, -0.2) is 0 Å². The van der Waals surface area contributed by atoms with Gasteiger partial charge >= 0.3 is 0 Å². The monoisotopic (exact) mass is 384 g/mol. The van der Waals surface area contributed by atoms with Crippen LogP contribution in [-0.4, -0.2) is 54.2 Å². The molecule has 2 saturated heterocycles. The van der Waals surface area contributed by atoms with Crippen molar-refractivity contribution in [3.8, 4) is 0 Å². The number of hydrogen-bond acceptors (Lipinski definition) is 5. The van der Waals surface area contributed by atoms with Gasteiger partial charge < -0.3 is 15.5 Å². The van der Waals surface area contributed by atoms with Crippen LogP contribution in [0.15, 0.2) is 18.2 Å². The highest BCUT2D eigenvalue weighted by molar-refractivity contribution is 6.06. The van der Waals surface area contributed by atoms with E-state index in [0.29, 0.717) is 24.1 Å². The molecule has 3 heterocycles. The zero-order chi connectivity index (χ0) is 19.9. The van der Waals surface area contributed by atoms with Crippen LogP contribution in [0.4, 0.5) is 0 Å². The van der Waals surface area contributed by atoms with Gasteiger partial charge in [-0.15, -0.1) is 0 Å². The molecule has 8 heteroatoms. The smallest absolute Gasteiger partial charge is 0.255 e. The van der Waals surface area contributed by atoms with E-state index in [9.17, 15) is 19.2 Å². The van der Waals surface area contributed by atoms with Gasteiger partial charge in [-0.1, -0.05) is 6.92 Å². The molecule has 3 aliphatic rings. The first-order chi connectivity index (χ1) is 13.4. The van der Waals surface area contributed by atoms with E-state index in [1.165, 1.54) is 4.90 Å². The van der Waals surface area contributed by atoms with Gasteiger partial charge in [-0.3, -0.25) is 24.5 Å². The van der Waals surface area contributed by atoms with E-state index in [4.69, 9.17) is 0 Å². The number of hydrogen-bond donors (Lipinski definition) is 3. The molecule has 2 atom stereocenters. The van der Waals surface area contributed by atoms with Crippen LogP contribution < -0.4 is 16.0 Å². The normalized spacial score (nSPS) is 27.0. The summed E-state index contributed by atoms with van der Waals surface area (Å²) in [5.41, 5.74) is 1.81. The van der Waals surface area contributed by atoms with Crippen LogP contribution in [0.3, 0.4) is 0 Å². The van der Waals surface area contributed by atoms with Crippen molar-refractivity contribution >= 4 is 23.6 Å². The molecule has 0 bridgehead atoms. The Morgan fingerprint density at radius 2 is 2.14 bits per heavy atom. The predicted molar refractivity (Wildman–Crippen MR) is 100 cm³/mol. The Labute approximate surface area is 163 Å². The number of fused-ring (bicyclic) bond motifs is 1. The molecule has 28 heavy (non-hydrogen) atoms. The minimum absolute atomic E-state index is 0.0604. The Morgan fingerprint density at radius 3 is 2.86 bits per heavy atom. The molecule has 4 amide bonds. The summed E-state index contributed by atoms with van der Waals surface area (Å²) >= 11 is 0. The van der Waals surface area contributed by atoms with E-state index in [2.05, 4.69) is 22.9 Å². The highest BCUT2D eigenvalue weighted by Gasteiger charge is 2.39. The fourth-order valence-corrected chi connectivity index (χ4v) is 4.13. The molecule has 0 saturated carbocycles. The third-order valence-electron chi connectivity index (χ3n) is 5.92. The van der Waals surface area contributed by atoms with Gasteiger partial charge in [0.1, 0.15) is 6.04 Å². The van der Waals surface area contributed by atoms with Gasteiger partial charge in [-0.05, 0) is 48.6 Å². The fraction of sp³-hybridized carbons (Fsp3) is 0.500. The largest absolute Gasteiger partial charge is 0.351 e. The summed E-state index contributed by atoms with van der Waals surface area (Å²) in [6.07, 6.45) is 1.56. The second-order valence-electron chi connectivity index (χ2n) is 8.19. The molecule has 0 spiro atoms. The van der Waals surface area contributed by atoms with Crippen LogP contribution in [0.2, 0.25) is 0 Å². The zero-order valence-corrected chi connectivity index (χ0v) is 15.8. The first-order valence-corrected chi connectivity index (χ1v) is 9.63. The van der Waals surface area contributed by atoms with Gasteiger partial charge in [0.05, 0.1) is 0 Å². The quantitative estimate of drug-likeness (QED) is 0.642. The maximum Gasteiger partial charge on any atom is 0.255 e. The third-order valence-corrected chi connectivity index (χ3v) is 5.92. The first-order valence-electron chi connectivity index (χ1n) is 9.63. The number of rotatable bonds is 4. The Morgan fingerprint density at radius 1 is 1.32 bits per heavy atom. The molecule has 3 aliphatic heterocycles. The predicted octanol–water partition coefficient (Wildman–Crippen LogP) is 0.177. The average molecular weight is 384 g/mol. The van der Waals surface area contributed by atoms with E-state index in [0.717, 1.165) is 25.1 Å². The van der Waals surface area contributed by atoms with Crippen molar-refractivity contribution in [1.82, 2.24) is 20.9 Å². The number of benzene rings is 1. The molecule has 0 aromatic heterocycles. The molecule has 0 radical (unpaired) electrons. The maximum absolute atomic E-state index is 12.7. The van der Waals surface area contributed by atoms with Crippen LogP contribution >= 0.6 is 0 Å². The second-order valence-corrected chi connectivity index (χ2v) is 8.19. The minimum Gasteiger partial charge on any atom is -0.351 e. The van der Waals surface area contributed by atoms with Gasteiger partial charge in [-0.2, -0.15) is 0 Å². The van der Waals surface area contributed by atoms with Crippen LogP contribution in [0.5, 0.6) is 0 Å². The van der Waals surface area contributed by atoms with Crippen molar-refractivity contribution in [1.29, 1.82) is 0 Å². The molecule has 148 valence electrons. The van der Waals surface area contributed by atoms with Crippen molar-refractivity contribution in [2.75, 3.05) is 19.6 Å². The van der Waals surface area contributed by atoms with E-state index in [1.807, 2.05) is 0 Å². The Balaban J connectivity index is 1.45. The molecular formula is C20H24N4O4. The minimum atomic E-state index is -0.648. The number of nitrogens with zero attached hydrogens (tertiary/aromatic N) is 1. The standard InChI is InChI=1S/C20H24N4O4/c1-20(6-7-21-10-20)11-22-17(26)12-2-3-14-13(8-12)9-24(19(14)28)15-4-5-16(25)23-18(15)27/h2-3,8,15,21H,4-7,9-11H2,1H3,(H,22,26)(H,23,25,27). The Kier molecular flexibility index (Phi) is 4.66. The summed E-state index contributed by atoms with van der Waals surface area (Å²) < 4.78 is 0. The van der Waals surface area contributed by atoms with E-state index >= 15 is 0 Å². The molecule has 2 unspecified atom stereocenters. The van der Waals surface area contributed by atoms with E-state index in [-0.39, 0.29) is 36.1 Å². The van der Waals surface area contributed by atoms with Gasteiger partial charge in [0.15, 0.2) is 0 Å². The lowest BCUT2D eigenvalue weighted by Gasteiger charge is -2.29. The lowest BCUT2D eigenvalue weighted by Crippen LogP contribution is -2.52. The SMILES string of the molecule is CC1(CNC(=O)c2ccc3c(c2)CN(C2CCC(=O)NC2=O)C3=O)CCNC1. The lowest BCUT2D eigenvalue weighted by atomic mass is 9.90. The maximum atomic E-state index is 12.7. The molecule has 3 N–H and O–H groups in total. The molecule has 2 fully saturated rings. The molecular weight excluding hydrogens is 360 g/mol. The highest BCUT2D eigenvalue weighted by Crippen LogP contribution is 2.28. The number of piperidine rings is 1. The van der Waals surface area contributed by atoms with Crippen molar-refractivity contribution in [3.05, 3.63) is 34.9 Å². The number of amides is 4. The van der Waals surface area contributed by atoms with Crippen LogP contribution in [0.1, 0.15) is 52.5 Å². The number of imide groups is 1. The van der Waals surface area contributed by atoms with Gasteiger partial charge in [0.2, 0.25) is 11.8 Å². The third kappa shape index (κ3) is 3.40. The number of nitrogens with one attached hydrogen (secondary N) is 3. The molecule has 4 rings (SSSR count). The van der Waals surface area contributed by atoms with Crippen molar-refractivity contribution < 1.29 is 19.2 Å². The lowest BCUT2D eigenvalue weighted by molar-refractivity contribution is -0.136. The molecule has 0 aliphatic carbocycles. The summed E-state index contributed by atoms with van der Waals surface area (Å²) in [5, 5.41) is 8.59. The average Bonchev–Trinajstić information content (AvgIpc) is 3.24. The number of carbonyl (C=O) groups is 4. The van der Waals surface area contributed by atoms with E-state index < -0.39 is 11.9 Å². The summed E-state index contributed by atoms with van der Waals surface area (Å²) in [6.45, 7) is 4.85. The van der Waals surface area contributed by atoms with E-state index in [1.54, 1.807) is 18.2 Å². The summed E-state index contributed by atoms with van der Waals surface area (Å²) in [5.74, 6) is -1.15. The highest BCUT2D eigenvalue weighted by atomic mass is 16.2. The van der Waals surface area contributed by atoms with Crippen LogP contribution in [0.25, 0.3) is 0 Å².